The highest BCUT2D eigenvalue weighted by atomic mass is 32.3. The minimum absolute atomic E-state index is 0.00674. The summed E-state index contributed by atoms with van der Waals surface area (Å²) in [6.07, 6.45) is 0. The van der Waals surface area contributed by atoms with Crippen molar-refractivity contribution >= 4 is 28.1 Å². The van der Waals surface area contributed by atoms with Crippen molar-refractivity contribution in [2.75, 3.05) is 37.0 Å². The molecule has 33 heavy (non-hydrogen) atoms. The summed E-state index contributed by atoms with van der Waals surface area (Å²) in [5.41, 5.74) is 1.66. The van der Waals surface area contributed by atoms with Crippen molar-refractivity contribution in [2.24, 2.45) is 0 Å². The number of urea groups is 1. The van der Waals surface area contributed by atoms with Gasteiger partial charge in [-0.1, -0.05) is 0 Å². The molecule has 11 heteroatoms. The van der Waals surface area contributed by atoms with Crippen LogP contribution in [0.15, 0.2) is 18.2 Å². The molecule has 2 atom stereocenters. The molecule has 1 unspecified atom stereocenters. The van der Waals surface area contributed by atoms with E-state index in [2.05, 4.69) is 20.5 Å². The van der Waals surface area contributed by atoms with E-state index in [1.165, 1.54) is 19.2 Å². The van der Waals surface area contributed by atoms with Gasteiger partial charge in [-0.2, -0.15) is 10.6 Å². The number of halogens is 1. The van der Waals surface area contributed by atoms with Gasteiger partial charge in [-0.15, -0.1) is 0 Å². The fourth-order valence-corrected chi connectivity index (χ4v) is 6.26. The molecule has 3 heterocycles. The van der Waals surface area contributed by atoms with Crippen LogP contribution in [-0.4, -0.2) is 58.0 Å². The highest BCUT2D eigenvalue weighted by Gasteiger charge is 2.52. The van der Waals surface area contributed by atoms with Crippen LogP contribution in [-0.2, 0) is 9.48 Å². The molecule has 4 rings (SSSR count). The summed E-state index contributed by atoms with van der Waals surface area (Å²) in [6, 6.07) is 3.84. The highest BCUT2D eigenvalue weighted by molar-refractivity contribution is 8.25. The van der Waals surface area contributed by atoms with Gasteiger partial charge in [-0.25, -0.2) is 19.2 Å². The number of hydrogen-bond acceptors (Lipinski definition) is 7. The number of fused-ring (bicyclic) bond motifs is 1. The second kappa shape index (κ2) is 8.39. The molecule has 1 saturated heterocycles. The number of ether oxygens (including phenoxy) is 1. The topological polar surface area (TPSA) is 120 Å². The molecule has 4 N–H and O–H groups in total. The summed E-state index contributed by atoms with van der Waals surface area (Å²) in [6.45, 7) is 8.89. The van der Waals surface area contributed by atoms with E-state index < -0.39 is 32.4 Å². The Morgan fingerprint density at radius 3 is 2.67 bits per heavy atom. The minimum atomic E-state index is -3.08. The van der Waals surface area contributed by atoms with Crippen molar-refractivity contribution in [3.8, 4) is 11.4 Å². The zero-order chi connectivity index (χ0) is 24.1. The van der Waals surface area contributed by atoms with E-state index in [1.54, 1.807) is 26.8 Å². The van der Waals surface area contributed by atoms with Gasteiger partial charge in [-0.3, -0.25) is 9.11 Å². The third-order valence-electron chi connectivity index (χ3n) is 6.48. The summed E-state index contributed by atoms with van der Waals surface area (Å²) >= 11 is 0. The van der Waals surface area contributed by atoms with E-state index >= 15 is 4.39 Å². The average Bonchev–Trinajstić information content (AvgIpc) is 2.90. The third kappa shape index (κ3) is 3.82. The number of amides is 2. The third-order valence-corrected chi connectivity index (χ3v) is 9.40. The van der Waals surface area contributed by atoms with Crippen LogP contribution in [0.5, 0.6) is 0 Å². The summed E-state index contributed by atoms with van der Waals surface area (Å²) in [5, 5.41) is 4.39. The standard InChI is InChI=1S/C22H30FN5O4S/c1-12-11-32-9-8-28(12)20-17-13(2)33(30,31)22(3,4)18(17)26-19(27-20)15-7-6-14(10-16(15)23)25-21(29)24-5/h6-7,10,12-13,30-31H,8-9,11H2,1-5H3,(H2,24,25,29)/t12-,13?/m0/s1. The van der Waals surface area contributed by atoms with Crippen molar-refractivity contribution in [3.05, 3.63) is 35.3 Å². The Hall–Kier alpha value is -2.47. The molecule has 0 radical (unpaired) electrons. The molecule has 0 aliphatic carbocycles. The number of carbonyl (C=O) groups excluding carboxylic acids is 1. The fourth-order valence-electron chi connectivity index (χ4n) is 4.39. The normalized spacial score (nSPS) is 24.2. The SMILES string of the molecule is CNC(=O)Nc1ccc(-c2nc(N3CCOC[C@@H]3C)c3c(n2)C(C)(C)S(O)(O)C3C)c(F)c1. The fraction of sp³-hybridized carbons (Fsp3) is 0.500. The number of nitrogens with one attached hydrogen (secondary N) is 2. The van der Waals surface area contributed by atoms with Gasteiger partial charge < -0.3 is 20.3 Å². The maximum Gasteiger partial charge on any atom is 0.318 e. The molecule has 2 aromatic rings. The molecule has 180 valence electrons. The number of anilines is 2. The van der Waals surface area contributed by atoms with Crippen molar-refractivity contribution in [3.63, 3.8) is 0 Å². The molecule has 0 spiro atoms. The first kappa shape index (κ1) is 23.7. The molecular weight excluding hydrogens is 449 g/mol. The predicted octanol–water partition coefficient (Wildman–Crippen LogP) is 4.32. The second-order valence-electron chi connectivity index (χ2n) is 8.89. The van der Waals surface area contributed by atoms with Gasteiger partial charge in [0, 0.05) is 24.8 Å². The van der Waals surface area contributed by atoms with Crippen molar-refractivity contribution < 1.29 is 23.0 Å². The van der Waals surface area contributed by atoms with E-state index in [0.717, 1.165) is 0 Å². The Morgan fingerprint density at radius 1 is 1.30 bits per heavy atom. The van der Waals surface area contributed by atoms with Crippen LogP contribution in [0.2, 0.25) is 0 Å². The molecule has 1 fully saturated rings. The number of benzene rings is 1. The number of morpholine rings is 1. The number of aromatic nitrogens is 2. The van der Waals surface area contributed by atoms with Gasteiger partial charge >= 0.3 is 6.03 Å². The van der Waals surface area contributed by atoms with Crippen LogP contribution in [0.3, 0.4) is 0 Å². The predicted molar refractivity (Wildman–Crippen MR) is 127 cm³/mol. The first-order valence-corrected chi connectivity index (χ1v) is 12.4. The van der Waals surface area contributed by atoms with Crippen LogP contribution in [0.1, 0.15) is 44.2 Å². The summed E-state index contributed by atoms with van der Waals surface area (Å²) in [7, 11) is -1.61. The van der Waals surface area contributed by atoms with Gasteiger partial charge in [0.1, 0.15) is 11.6 Å². The van der Waals surface area contributed by atoms with Gasteiger partial charge in [0.15, 0.2) is 5.82 Å². The lowest BCUT2D eigenvalue weighted by atomic mass is 10.0. The number of rotatable bonds is 3. The molecule has 2 aliphatic rings. The van der Waals surface area contributed by atoms with E-state index in [9.17, 15) is 13.9 Å². The minimum Gasteiger partial charge on any atom is -0.377 e. The Bertz CT molecular complexity index is 1100. The lowest BCUT2D eigenvalue weighted by Gasteiger charge is -2.43. The Labute approximate surface area is 194 Å². The molecule has 1 aromatic heterocycles. The lowest BCUT2D eigenvalue weighted by molar-refractivity contribution is 0.0984. The van der Waals surface area contributed by atoms with E-state index in [-0.39, 0.29) is 17.4 Å². The van der Waals surface area contributed by atoms with Crippen molar-refractivity contribution in [1.82, 2.24) is 15.3 Å². The quantitative estimate of drug-likeness (QED) is 0.517. The summed E-state index contributed by atoms with van der Waals surface area (Å²) in [4.78, 5) is 23.0. The van der Waals surface area contributed by atoms with Crippen molar-refractivity contribution in [2.45, 2.75) is 43.7 Å². The molecule has 1 aromatic carbocycles. The zero-order valence-corrected chi connectivity index (χ0v) is 20.2. The van der Waals surface area contributed by atoms with Crippen LogP contribution >= 0.6 is 10.6 Å². The summed E-state index contributed by atoms with van der Waals surface area (Å²) < 4.78 is 41.8. The molecular formula is C22H30FN5O4S. The maximum atomic E-state index is 15.1. The first-order valence-electron chi connectivity index (χ1n) is 10.8. The summed E-state index contributed by atoms with van der Waals surface area (Å²) in [5.74, 6) is 0.139. The Balaban J connectivity index is 1.88. The van der Waals surface area contributed by atoms with Gasteiger partial charge in [0.05, 0.1) is 40.5 Å². The van der Waals surface area contributed by atoms with Gasteiger partial charge in [0.2, 0.25) is 0 Å². The van der Waals surface area contributed by atoms with Crippen molar-refractivity contribution in [1.29, 1.82) is 0 Å². The number of hydrogen-bond donors (Lipinski definition) is 4. The second-order valence-corrected chi connectivity index (χ2v) is 11.8. The van der Waals surface area contributed by atoms with Gasteiger partial charge in [0.25, 0.3) is 0 Å². The Kier molecular flexibility index (Phi) is 6.02. The smallest absolute Gasteiger partial charge is 0.318 e. The van der Waals surface area contributed by atoms with Crippen LogP contribution in [0.4, 0.5) is 20.7 Å². The first-order chi connectivity index (χ1) is 15.5. The van der Waals surface area contributed by atoms with Gasteiger partial charge in [-0.05, 0) is 45.9 Å². The van der Waals surface area contributed by atoms with E-state index in [4.69, 9.17) is 9.72 Å². The van der Waals surface area contributed by atoms with Crippen LogP contribution in [0.25, 0.3) is 11.4 Å². The van der Waals surface area contributed by atoms with Crippen LogP contribution < -0.4 is 15.5 Å². The van der Waals surface area contributed by atoms with Crippen LogP contribution in [0, 0.1) is 5.82 Å². The zero-order valence-electron chi connectivity index (χ0n) is 19.3. The molecule has 2 amide bonds. The molecule has 0 saturated carbocycles. The molecule has 2 aliphatic heterocycles. The Morgan fingerprint density at radius 2 is 2.03 bits per heavy atom. The monoisotopic (exact) mass is 479 g/mol. The average molecular weight is 480 g/mol. The lowest BCUT2D eigenvalue weighted by Crippen LogP contribution is -2.44. The molecule has 0 bridgehead atoms. The highest BCUT2D eigenvalue weighted by Crippen LogP contribution is 2.73. The maximum absolute atomic E-state index is 15.1. The largest absolute Gasteiger partial charge is 0.377 e. The number of nitrogens with zero attached hydrogens (tertiary/aromatic N) is 3. The number of carbonyl (C=O) groups is 1. The van der Waals surface area contributed by atoms with E-state index in [1.807, 2.05) is 6.92 Å². The van der Waals surface area contributed by atoms with E-state index in [0.29, 0.717) is 42.5 Å². The molecule has 9 nitrogen and oxygen atoms in total.